The Labute approximate surface area is 120 Å². The van der Waals surface area contributed by atoms with E-state index in [0.717, 1.165) is 24.1 Å². The average Bonchev–Trinajstić information content (AvgIpc) is 2.93. The van der Waals surface area contributed by atoms with Gasteiger partial charge >= 0.3 is 0 Å². The van der Waals surface area contributed by atoms with Crippen LogP contribution in [-0.2, 0) is 6.54 Å². The SMILES string of the molecule is CC(CN1CCCCC1)NCc1ccc2nc[nH]c2c1. The summed E-state index contributed by atoms with van der Waals surface area (Å²) in [7, 11) is 0. The van der Waals surface area contributed by atoms with Crippen LogP contribution < -0.4 is 5.32 Å². The molecular formula is C16H24N4. The fraction of sp³-hybridized carbons (Fsp3) is 0.562. The molecule has 3 rings (SSSR count). The summed E-state index contributed by atoms with van der Waals surface area (Å²) >= 11 is 0. The molecule has 108 valence electrons. The second kappa shape index (κ2) is 6.37. The monoisotopic (exact) mass is 272 g/mol. The highest BCUT2D eigenvalue weighted by Gasteiger charge is 2.12. The Bertz CT molecular complexity index is 542. The third kappa shape index (κ3) is 3.38. The molecule has 0 saturated carbocycles. The van der Waals surface area contributed by atoms with Crippen LogP contribution in [0, 0.1) is 0 Å². The number of piperidine rings is 1. The van der Waals surface area contributed by atoms with Crippen LogP contribution in [0.25, 0.3) is 11.0 Å². The van der Waals surface area contributed by atoms with Crippen molar-refractivity contribution in [1.82, 2.24) is 20.2 Å². The van der Waals surface area contributed by atoms with E-state index in [1.807, 2.05) is 0 Å². The molecule has 1 aromatic heterocycles. The first-order valence-electron chi connectivity index (χ1n) is 7.69. The predicted octanol–water partition coefficient (Wildman–Crippen LogP) is 2.53. The van der Waals surface area contributed by atoms with Crippen LogP contribution in [0.4, 0.5) is 0 Å². The summed E-state index contributed by atoms with van der Waals surface area (Å²) in [4.78, 5) is 10.00. The van der Waals surface area contributed by atoms with Gasteiger partial charge in [0.15, 0.2) is 0 Å². The van der Waals surface area contributed by atoms with Crippen LogP contribution in [0.3, 0.4) is 0 Å². The topological polar surface area (TPSA) is 44.0 Å². The Morgan fingerprint density at radius 2 is 2.15 bits per heavy atom. The van der Waals surface area contributed by atoms with Gasteiger partial charge in [0.1, 0.15) is 0 Å². The maximum absolute atomic E-state index is 4.25. The van der Waals surface area contributed by atoms with Gasteiger partial charge in [0, 0.05) is 19.1 Å². The van der Waals surface area contributed by atoms with Crippen molar-refractivity contribution in [2.75, 3.05) is 19.6 Å². The summed E-state index contributed by atoms with van der Waals surface area (Å²) < 4.78 is 0. The molecule has 2 N–H and O–H groups in total. The zero-order chi connectivity index (χ0) is 13.8. The molecule has 1 aliphatic rings. The molecule has 1 aromatic carbocycles. The minimum absolute atomic E-state index is 0.533. The van der Waals surface area contributed by atoms with Gasteiger partial charge < -0.3 is 15.2 Å². The lowest BCUT2D eigenvalue weighted by atomic mass is 10.1. The highest BCUT2D eigenvalue weighted by molar-refractivity contribution is 5.74. The van der Waals surface area contributed by atoms with Crippen molar-refractivity contribution in [3.05, 3.63) is 30.1 Å². The number of aromatic nitrogens is 2. The molecule has 1 fully saturated rings. The van der Waals surface area contributed by atoms with Gasteiger partial charge in [0.2, 0.25) is 0 Å². The number of nitrogens with one attached hydrogen (secondary N) is 2. The van der Waals surface area contributed by atoms with E-state index in [4.69, 9.17) is 0 Å². The number of fused-ring (bicyclic) bond motifs is 1. The van der Waals surface area contributed by atoms with E-state index in [1.165, 1.54) is 37.9 Å². The maximum Gasteiger partial charge on any atom is 0.0931 e. The molecule has 4 heteroatoms. The molecule has 0 spiro atoms. The summed E-state index contributed by atoms with van der Waals surface area (Å²) in [6, 6.07) is 6.95. The summed E-state index contributed by atoms with van der Waals surface area (Å²) in [6.07, 6.45) is 5.88. The molecule has 20 heavy (non-hydrogen) atoms. The number of hydrogen-bond donors (Lipinski definition) is 2. The molecule has 4 nitrogen and oxygen atoms in total. The first kappa shape index (κ1) is 13.6. The van der Waals surface area contributed by atoms with Gasteiger partial charge in [0.25, 0.3) is 0 Å². The molecule has 2 heterocycles. The minimum atomic E-state index is 0.533. The van der Waals surface area contributed by atoms with Crippen LogP contribution in [0.1, 0.15) is 31.7 Å². The van der Waals surface area contributed by atoms with Crippen LogP contribution in [0.15, 0.2) is 24.5 Å². The summed E-state index contributed by atoms with van der Waals surface area (Å²) in [6.45, 7) is 6.90. The molecule has 0 aliphatic carbocycles. The zero-order valence-electron chi connectivity index (χ0n) is 12.2. The van der Waals surface area contributed by atoms with Crippen molar-refractivity contribution >= 4 is 11.0 Å². The van der Waals surface area contributed by atoms with Gasteiger partial charge in [0.05, 0.1) is 17.4 Å². The van der Waals surface area contributed by atoms with Crippen LogP contribution >= 0.6 is 0 Å². The van der Waals surface area contributed by atoms with E-state index in [1.54, 1.807) is 6.33 Å². The zero-order valence-corrected chi connectivity index (χ0v) is 12.2. The van der Waals surface area contributed by atoms with Crippen molar-refractivity contribution in [2.45, 2.75) is 38.8 Å². The Morgan fingerprint density at radius 1 is 1.30 bits per heavy atom. The van der Waals surface area contributed by atoms with Crippen LogP contribution in [0.5, 0.6) is 0 Å². The van der Waals surface area contributed by atoms with Crippen LogP contribution in [-0.4, -0.2) is 40.5 Å². The minimum Gasteiger partial charge on any atom is -0.345 e. The predicted molar refractivity (Wildman–Crippen MR) is 82.7 cm³/mol. The molecule has 0 bridgehead atoms. The quantitative estimate of drug-likeness (QED) is 0.879. The van der Waals surface area contributed by atoms with E-state index >= 15 is 0 Å². The molecule has 0 radical (unpaired) electrons. The van der Waals surface area contributed by atoms with E-state index in [-0.39, 0.29) is 0 Å². The second-order valence-corrected chi connectivity index (χ2v) is 5.90. The number of aromatic amines is 1. The number of rotatable bonds is 5. The van der Waals surface area contributed by atoms with Gasteiger partial charge in [-0.2, -0.15) is 0 Å². The number of likely N-dealkylation sites (tertiary alicyclic amines) is 1. The number of hydrogen-bond acceptors (Lipinski definition) is 3. The highest BCUT2D eigenvalue weighted by atomic mass is 15.1. The summed E-state index contributed by atoms with van der Waals surface area (Å²) in [5.41, 5.74) is 3.47. The molecule has 1 atom stereocenters. The normalized spacial score (nSPS) is 18.4. The maximum atomic E-state index is 4.25. The standard InChI is InChI=1S/C16H24N4/c1-13(11-20-7-3-2-4-8-20)17-10-14-5-6-15-16(9-14)19-12-18-15/h5-6,9,12-13,17H,2-4,7-8,10-11H2,1H3,(H,18,19). The van der Waals surface area contributed by atoms with Crippen LogP contribution in [0.2, 0.25) is 0 Å². The van der Waals surface area contributed by atoms with Crippen molar-refractivity contribution < 1.29 is 0 Å². The highest BCUT2D eigenvalue weighted by Crippen LogP contribution is 2.12. The average molecular weight is 272 g/mol. The first-order chi connectivity index (χ1) is 9.81. The van der Waals surface area contributed by atoms with Gasteiger partial charge in [-0.25, -0.2) is 4.98 Å². The lowest BCUT2D eigenvalue weighted by Crippen LogP contribution is -2.41. The van der Waals surface area contributed by atoms with Crippen molar-refractivity contribution in [2.24, 2.45) is 0 Å². The largest absolute Gasteiger partial charge is 0.345 e. The summed E-state index contributed by atoms with van der Waals surface area (Å²) in [5.74, 6) is 0. The van der Waals surface area contributed by atoms with Crippen molar-refractivity contribution in [3.63, 3.8) is 0 Å². The van der Waals surface area contributed by atoms with Gasteiger partial charge in [-0.1, -0.05) is 12.5 Å². The van der Waals surface area contributed by atoms with Gasteiger partial charge in [-0.05, 0) is 50.6 Å². The lowest BCUT2D eigenvalue weighted by Gasteiger charge is -2.29. The first-order valence-corrected chi connectivity index (χ1v) is 7.69. The van der Waals surface area contributed by atoms with Gasteiger partial charge in [-0.15, -0.1) is 0 Å². The number of nitrogens with zero attached hydrogens (tertiary/aromatic N) is 2. The Kier molecular flexibility index (Phi) is 4.33. The molecule has 1 unspecified atom stereocenters. The number of imidazole rings is 1. The molecular weight excluding hydrogens is 248 g/mol. The van der Waals surface area contributed by atoms with Crippen molar-refractivity contribution in [3.8, 4) is 0 Å². The Hall–Kier alpha value is -1.39. The smallest absolute Gasteiger partial charge is 0.0931 e. The number of benzene rings is 1. The Balaban J connectivity index is 1.50. The van der Waals surface area contributed by atoms with E-state index in [0.29, 0.717) is 6.04 Å². The van der Waals surface area contributed by atoms with Gasteiger partial charge in [-0.3, -0.25) is 0 Å². The van der Waals surface area contributed by atoms with E-state index < -0.39 is 0 Å². The molecule has 1 saturated heterocycles. The fourth-order valence-electron chi connectivity index (χ4n) is 2.98. The van der Waals surface area contributed by atoms with Crippen molar-refractivity contribution in [1.29, 1.82) is 0 Å². The molecule has 1 aliphatic heterocycles. The van der Waals surface area contributed by atoms with E-state index in [2.05, 4.69) is 45.3 Å². The third-order valence-corrected chi connectivity index (χ3v) is 4.12. The summed E-state index contributed by atoms with van der Waals surface area (Å²) in [5, 5.41) is 3.63. The third-order valence-electron chi connectivity index (χ3n) is 4.12. The molecule has 0 amide bonds. The second-order valence-electron chi connectivity index (χ2n) is 5.90. The molecule has 2 aromatic rings. The Morgan fingerprint density at radius 3 is 3.00 bits per heavy atom. The fourth-order valence-corrected chi connectivity index (χ4v) is 2.98. The van der Waals surface area contributed by atoms with E-state index in [9.17, 15) is 0 Å². The lowest BCUT2D eigenvalue weighted by molar-refractivity contribution is 0.209. The number of H-pyrrole nitrogens is 1.